The average Bonchev–Trinajstić information content (AvgIpc) is 1.62. The highest BCUT2D eigenvalue weighted by Gasteiger charge is 2.35. The molecule has 0 aliphatic carbocycles. The van der Waals surface area contributed by atoms with Gasteiger partial charge in [-0.1, -0.05) is 0 Å². The van der Waals surface area contributed by atoms with Gasteiger partial charge < -0.3 is 24.5 Å². The van der Waals surface area contributed by atoms with Gasteiger partial charge in [-0.15, -0.1) is 0 Å². The molecule has 0 aromatic carbocycles. The summed E-state index contributed by atoms with van der Waals surface area (Å²) in [6.07, 6.45) is 0. The van der Waals surface area contributed by atoms with E-state index in [2.05, 4.69) is 4.43 Å². The van der Waals surface area contributed by atoms with Crippen LogP contribution in [0.1, 0.15) is 0 Å². The summed E-state index contributed by atoms with van der Waals surface area (Å²) in [5, 5.41) is 0. The summed E-state index contributed by atoms with van der Waals surface area (Å²) < 4.78 is 3.63. The molecule has 54 valence electrons. The van der Waals surface area contributed by atoms with Gasteiger partial charge in [-0.25, -0.2) is 0 Å². The van der Waals surface area contributed by atoms with Crippen molar-refractivity contribution in [3.05, 3.63) is 0 Å². The number of carbonyl (C=O) groups is 1. The zero-order valence-corrected chi connectivity index (χ0v) is 5.44. The normalized spacial score (nSPS) is 11.1. The molecule has 5 N–H and O–H groups in total. The third-order valence-electron chi connectivity index (χ3n) is 0.417. The Kier molecular flexibility index (Phi) is 2.74. The summed E-state index contributed by atoms with van der Waals surface area (Å²) in [7, 11) is -4.67. The van der Waals surface area contributed by atoms with Crippen molar-refractivity contribution >= 4 is 15.0 Å². The molecule has 0 aliphatic heterocycles. The second-order valence-electron chi connectivity index (χ2n) is 1.25. The van der Waals surface area contributed by atoms with Gasteiger partial charge >= 0.3 is 15.0 Å². The predicted octanol–water partition coefficient (Wildman–Crippen LogP) is -3.10. The first-order chi connectivity index (χ1) is 3.95. The van der Waals surface area contributed by atoms with Crippen molar-refractivity contribution in [3.8, 4) is 0 Å². The number of carbonyl (C=O) groups excluding carboxylic acids is 1. The first-order valence-corrected chi connectivity index (χ1v) is 3.79. The van der Waals surface area contributed by atoms with Gasteiger partial charge in [0, 0.05) is 0 Å². The van der Waals surface area contributed by atoms with E-state index in [0.29, 0.717) is 0 Å². The minimum absolute atomic E-state index is 0.490. The number of hydrogen-bond acceptors (Lipinski definition) is 6. The molecule has 0 aromatic rings. The zero-order valence-electron chi connectivity index (χ0n) is 4.44. The molecule has 0 aliphatic rings. The van der Waals surface area contributed by atoms with Gasteiger partial charge in [0.25, 0.3) is 0 Å². The topological polar surface area (TPSA) is 113 Å². The van der Waals surface area contributed by atoms with Crippen molar-refractivity contribution in [2.75, 3.05) is 6.54 Å². The smallest absolute Gasteiger partial charge is 0.451 e. The van der Waals surface area contributed by atoms with Gasteiger partial charge in [-0.2, -0.15) is 0 Å². The molecule has 0 spiro atoms. The van der Waals surface area contributed by atoms with Crippen LogP contribution in [0.3, 0.4) is 0 Å². The molecule has 9 heavy (non-hydrogen) atoms. The second kappa shape index (κ2) is 2.89. The van der Waals surface area contributed by atoms with Crippen LogP contribution in [0.25, 0.3) is 0 Å². The van der Waals surface area contributed by atoms with Crippen LogP contribution < -0.4 is 5.73 Å². The molecule has 0 amide bonds. The number of nitrogens with two attached hydrogens (primary N) is 1. The quantitative estimate of drug-likeness (QED) is 0.312. The Bertz CT molecular complexity index is 108. The maximum Gasteiger partial charge on any atom is 0.743 e. The molecule has 0 unspecified atom stereocenters. The standard InChI is InChI=1S/C2H7NO5Si/c3-1-2(4)8-9(5,6)7/h5-7H,1,3H2. The molecule has 0 atom stereocenters. The van der Waals surface area contributed by atoms with Gasteiger partial charge in [0.15, 0.2) is 0 Å². The van der Waals surface area contributed by atoms with Crippen LogP contribution in [0.2, 0.25) is 0 Å². The largest absolute Gasteiger partial charge is 0.743 e. The Balaban J connectivity index is 3.60. The van der Waals surface area contributed by atoms with Crippen LogP contribution in [-0.4, -0.2) is 35.9 Å². The molecule has 0 saturated carbocycles. The Labute approximate surface area is 52.0 Å². The van der Waals surface area contributed by atoms with E-state index in [9.17, 15) is 4.79 Å². The summed E-state index contributed by atoms with van der Waals surface area (Å²) in [5.74, 6) is -1.05. The molecule has 0 rings (SSSR count). The van der Waals surface area contributed by atoms with Gasteiger partial charge in [-0.05, 0) is 0 Å². The van der Waals surface area contributed by atoms with Gasteiger partial charge in [0.1, 0.15) is 0 Å². The lowest BCUT2D eigenvalue weighted by atomic mass is 10.7. The lowest BCUT2D eigenvalue weighted by molar-refractivity contribution is -0.139. The lowest BCUT2D eigenvalue weighted by Gasteiger charge is -2.07. The zero-order chi connectivity index (χ0) is 7.49. The summed E-state index contributed by atoms with van der Waals surface area (Å²) >= 11 is 0. The molecule has 0 radical (unpaired) electrons. The van der Waals surface area contributed by atoms with E-state index in [1.165, 1.54) is 0 Å². The average molecular weight is 153 g/mol. The predicted molar refractivity (Wildman–Crippen MR) is 27.6 cm³/mol. The van der Waals surface area contributed by atoms with Gasteiger partial charge in [0.2, 0.25) is 0 Å². The monoisotopic (exact) mass is 153 g/mol. The Morgan fingerprint density at radius 3 is 2.11 bits per heavy atom. The van der Waals surface area contributed by atoms with Gasteiger partial charge in [-0.3, -0.25) is 4.79 Å². The first kappa shape index (κ1) is 8.53. The highest BCUT2D eigenvalue weighted by Crippen LogP contribution is 1.87. The van der Waals surface area contributed by atoms with Crippen molar-refractivity contribution in [2.24, 2.45) is 5.73 Å². The Hall–Kier alpha value is -0.473. The van der Waals surface area contributed by atoms with Crippen LogP contribution in [0.4, 0.5) is 0 Å². The minimum Gasteiger partial charge on any atom is -0.451 e. The van der Waals surface area contributed by atoms with Crippen LogP contribution in [0, 0.1) is 0 Å². The van der Waals surface area contributed by atoms with Crippen molar-refractivity contribution in [3.63, 3.8) is 0 Å². The summed E-state index contributed by atoms with van der Waals surface area (Å²) in [6, 6.07) is 0. The Morgan fingerprint density at radius 1 is 1.56 bits per heavy atom. The minimum atomic E-state index is -4.67. The summed E-state index contributed by atoms with van der Waals surface area (Å²) in [5.41, 5.74) is 4.69. The fourth-order valence-electron chi connectivity index (χ4n) is 0.194. The highest BCUT2D eigenvalue weighted by atomic mass is 28.4. The van der Waals surface area contributed by atoms with E-state index >= 15 is 0 Å². The van der Waals surface area contributed by atoms with Crippen LogP contribution in [0.5, 0.6) is 0 Å². The van der Waals surface area contributed by atoms with Crippen LogP contribution >= 0.6 is 0 Å². The fraction of sp³-hybridized carbons (Fsp3) is 0.500. The molecule has 0 bridgehead atoms. The molecule has 0 fully saturated rings. The molecule has 0 saturated heterocycles. The second-order valence-corrected chi connectivity index (χ2v) is 2.60. The van der Waals surface area contributed by atoms with E-state index in [0.717, 1.165) is 0 Å². The van der Waals surface area contributed by atoms with Crippen LogP contribution in [-0.2, 0) is 9.22 Å². The van der Waals surface area contributed by atoms with Crippen molar-refractivity contribution in [2.45, 2.75) is 0 Å². The Morgan fingerprint density at radius 2 is 2.00 bits per heavy atom. The van der Waals surface area contributed by atoms with E-state index in [1.54, 1.807) is 0 Å². The van der Waals surface area contributed by atoms with Crippen LogP contribution in [0.15, 0.2) is 0 Å². The third-order valence-corrected chi connectivity index (χ3v) is 0.919. The fourth-order valence-corrected chi connectivity index (χ4v) is 0.583. The van der Waals surface area contributed by atoms with Crippen molar-refractivity contribution in [1.29, 1.82) is 0 Å². The number of rotatable bonds is 2. The van der Waals surface area contributed by atoms with E-state index in [4.69, 9.17) is 20.1 Å². The lowest BCUT2D eigenvalue weighted by Crippen LogP contribution is -2.42. The SMILES string of the molecule is NCC(=O)O[Si](O)(O)O. The van der Waals surface area contributed by atoms with Gasteiger partial charge in [0.05, 0.1) is 6.54 Å². The molecule has 0 aromatic heterocycles. The van der Waals surface area contributed by atoms with Crippen molar-refractivity contribution in [1.82, 2.24) is 0 Å². The van der Waals surface area contributed by atoms with E-state index < -0.39 is 21.6 Å². The van der Waals surface area contributed by atoms with E-state index in [1.807, 2.05) is 0 Å². The first-order valence-electron chi connectivity index (χ1n) is 2.04. The highest BCUT2D eigenvalue weighted by molar-refractivity contribution is 6.50. The van der Waals surface area contributed by atoms with Crippen molar-refractivity contribution < 1.29 is 23.6 Å². The maximum absolute atomic E-state index is 10.0. The van der Waals surface area contributed by atoms with E-state index in [-0.39, 0.29) is 0 Å². The third kappa shape index (κ3) is 5.40. The molecular weight excluding hydrogens is 146 g/mol. The molecule has 7 heteroatoms. The maximum atomic E-state index is 10.0. The molecule has 6 nitrogen and oxygen atoms in total. The molecule has 0 heterocycles. The number of hydrogen-bond donors (Lipinski definition) is 4. The summed E-state index contributed by atoms with van der Waals surface area (Å²) in [6.45, 7) is -0.490. The molecular formula is C2H7NO5Si. The summed E-state index contributed by atoms with van der Waals surface area (Å²) in [4.78, 5) is 34.2.